The summed E-state index contributed by atoms with van der Waals surface area (Å²) in [5, 5.41) is 1.20. The van der Waals surface area contributed by atoms with E-state index in [9.17, 15) is 9.59 Å². The molecule has 4 heteroatoms. The molecule has 0 N–H and O–H groups in total. The highest BCUT2D eigenvalue weighted by Gasteiger charge is 2.22. The molecular weight excluding hydrogens is 266 g/mol. The molecule has 1 atom stereocenters. The van der Waals surface area contributed by atoms with Crippen molar-refractivity contribution in [3.63, 3.8) is 0 Å². The lowest BCUT2D eigenvalue weighted by molar-refractivity contribution is -0.174. The number of hydrogen-bond donors (Lipinski definition) is 0. The zero-order valence-electron chi connectivity index (χ0n) is 13.2. The van der Waals surface area contributed by atoms with E-state index in [1.807, 2.05) is 13.0 Å². The number of amides is 1. The van der Waals surface area contributed by atoms with Crippen molar-refractivity contribution in [3.05, 3.63) is 35.9 Å². The first-order chi connectivity index (χ1) is 10.1. The van der Waals surface area contributed by atoms with E-state index >= 15 is 0 Å². The van der Waals surface area contributed by atoms with Gasteiger partial charge in [-0.25, -0.2) is 4.79 Å². The molecule has 1 unspecified atom stereocenters. The first-order valence-corrected chi connectivity index (χ1v) is 7.63. The van der Waals surface area contributed by atoms with Crippen molar-refractivity contribution < 1.29 is 14.4 Å². The molecule has 4 nitrogen and oxygen atoms in total. The average molecular weight is 291 g/mol. The van der Waals surface area contributed by atoms with E-state index in [-0.39, 0.29) is 11.9 Å². The summed E-state index contributed by atoms with van der Waals surface area (Å²) in [7, 11) is 0. The standard InChI is InChI=1S/C17H25NO3/c1-4-5-6-8-11-14(2)18(15(3)19)21-17(20)16-12-9-7-10-13-16/h7,9-10,12-14H,4-6,8,11H2,1-3H3. The Morgan fingerprint density at radius 3 is 2.38 bits per heavy atom. The van der Waals surface area contributed by atoms with Crippen LogP contribution in [0.3, 0.4) is 0 Å². The quantitative estimate of drug-likeness (QED) is 0.564. The zero-order valence-corrected chi connectivity index (χ0v) is 13.2. The van der Waals surface area contributed by atoms with Crippen LogP contribution in [0.25, 0.3) is 0 Å². The molecule has 0 saturated carbocycles. The fraction of sp³-hybridized carbons (Fsp3) is 0.529. The normalized spacial score (nSPS) is 11.8. The van der Waals surface area contributed by atoms with Gasteiger partial charge in [-0.05, 0) is 25.5 Å². The van der Waals surface area contributed by atoms with Crippen LogP contribution in [0.15, 0.2) is 30.3 Å². The van der Waals surface area contributed by atoms with Crippen LogP contribution in [0.1, 0.15) is 63.2 Å². The van der Waals surface area contributed by atoms with Crippen molar-refractivity contribution in [3.8, 4) is 0 Å². The summed E-state index contributed by atoms with van der Waals surface area (Å²) >= 11 is 0. The van der Waals surface area contributed by atoms with E-state index in [0.717, 1.165) is 19.3 Å². The molecule has 0 saturated heterocycles. The van der Waals surface area contributed by atoms with E-state index in [1.54, 1.807) is 24.3 Å². The molecule has 1 amide bonds. The van der Waals surface area contributed by atoms with Gasteiger partial charge in [-0.15, -0.1) is 0 Å². The predicted molar refractivity (Wildman–Crippen MR) is 82.6 cm³/mol. The molecule has 0 aromatic heterocycles. The third-order valence-electron chi connectivity index (χ3n) is 3.38. The Morgan fingerprint density at radius 1 is 1.14 bits per heavy atom. The highest BCUT2D eigenvalue weighted by molar-refractivity contribution is 5.90. The van der Waals surface area contributed by atoms with Gasteiger partial charge in [0, 0.05) is 6.92 Å². The van der Waals surface area contributed by atoms with Gasteiger partial charge in [0.1, 0.15) is 0 Å². The molecule has 1 aromatic carbocycles. The minimum absolute atomic E-state index is 0.105. The number of benzene rings is 1. The van der Waals surface area contributed by atoms with Gasteiger partial charge in [0.15, 0.2) is 0 Å². The molecule has 0 aliphatic carbocycles. The fourth-order valence-corrected chi connectivity index (χ4v) is 2.16. The second-order valence-corrected chi connectivity index (χ2v) is 5.29. The Labute approximate surface area is 127 Å². The van der Waals surface area contributed by atoms with Crippen LogP contribution >= 0.6 is 0 Å². The van der Waals surface area contributed by atoms with Gasteiger partial charge in [0.25, 0.3) is 5.91 Å². The van der Waals surface area contributed by atoms with Gasteiger partial charge < -0.3 is 4.84 Å². The molecule has 0 aliphatic rings. The molecule has 0 spiro atoms. The lowest BCUT2D eigenvalue weighted by atomic mass is 10.1. The Kier molecular flexibility index (Phi) is 7.51. The van der Waals surface area contributed by atoms with Crippen LogP contribution in [-0.4, -0.2) is 23.0 Å². The van der Waals surface area contributed by atoms with E-state index < -0.39 is 5.97 Å². The maximum atomic E-state index is 12.0. The molecular formula is C17H25NO3. The molecule has 1 rings (SSSR count). The molecule has 0 heterocycles. The first-order valence-electron chi connectivity index (χ1n) is 7.63. The summed E-state index contributed by atoms with van der Waals surface area (Å²) in [6.45, 7) is 5.49. The first kappa shape index (κ1) is 17.2. The SMILES string of the molecule is CCCCCCC(C)N(OC(=O)c1ccccc1)C(C)=O. The Bertz CT molecular complexity index is 445. The van der Waals surface area contributed by atoms with Crippen molar-refractivity contribution >= 4 is 11.9 Å². The van der Waals surface area contributed by atoms with Gasteiger partial charge >= 0.3 is 5.97 Å². The number of carbonyl (C=O) groups is 2. The summed E-state index contributed by atoms with van der Waals surface area (Å²) in [6, 6.07) is 8.60. The van der Waals surface area contributed by atoms with Crippen molar-refractivity contribution in [2.75, 3.05) is 0 Å². The van der Waals surface area contributed by atoms with Crippen LogP contribution < -0.4 is 0 Å². The van der Waals surface area contributed by atoms with Crippen LogP contribution in [0.2, 0.25) is 0 Å². The second kappa shape index (κ2) is 9.16. The Morgan fingerprint density at radius 2 is 1.81 bits per heavy atom. The highest BCUT2D eigenvalue weighted by Crippen LogP contribution is 2.13. The Hall–Kier alpha value is -1.84. The smallest absolute Gasteiger partial charge is 0.332 e. The number of hydroxylamine groups is 2. The lowest BCUT2D eigenvalue weighted by Crippen LogP contribution is -2.39. The minimum Gasteiger partial charge on any atom is -0.332 e. The topological polar surface area (TPSA) is 46.6 Å². The van der Waals surface area contributed by atoms with Crippen LogP contribution in [0.5, 0.6) is 0 Å². The maximum absolute atomic E-state index is 12.0. The van der Waals surface area contributed by atoms with Gasteiger partial charge in [0.2, 0.25) is 0 Å². The summed E-state index contributed by atoms with van der Waals surface area (Å²) in [6.07, 6.45) is 5.37. The van der Waals surface area contributed by atoms with Crippen molar-refractivity contribution in [1.82, 2.24) is 5.06 Å². The molecule has 0 aliphatic heterocycles. The highest BCUT2D eigenvalue weighted by atomic mass is 16.7. The lowest BCUT2D eigenvalue weighted by Gasteiger charge is -2.26. The van der Waals surface area contributed by atoms with E-state index in [4.69, 9.17) is 4.84 Å². The third-order valence-corrected chi connectivity index (χ3v) is 3.38. The van der Waals surface area contributed by atoms with Crippen LogP contribution in [-0.2, 0) is 9.63 Å². The molecule has 0 bridgehead atoms. The second-order valence-electron chi connectivity index (χ2n) is 5.29. The number of hydrogen-bond acceptors (Lipinski definition) is 3. The van der Waals surface area contributed by atoms with Crippen LogP contribution in [0.4, 0.5) is 0 Å². The van der Waals surface area contributed by atoms with Gasteiger partial charge in [-0.1, -0.05) is 50.8 Å². The molecule has 21 heavy (non-hydrogen) atoms. The van der Waals surface area contributed by atoms with Crippen molar-refractivity contribution in [2.24, 2.45) is 0 Å². The predicted octanol–water partition coefficient (Wildman–Crippen LogP) is 3.97. The molecule has 1 aromatic rings. The number of rotatable bonds is 7. The van der Waals surface area contributed by atoms with Crippen molar-refractivity contribution in [1.29, 1.82) is 0 Å². The zero-order chi connectivity index (χ0) is 15.7. The largest absolute Gasteiger partial charge is 0.363 e. The van der Waals surface area contributed by atoms with Crippen LogP contribution in [0, 0.1) is 0 Å². The average Bonchev–Trinajstić information content (AvgIpc) is 2.49. The third kappa shape index (κ3) is 5.98. The summed E-state index contributed by atoms with van der Waals surface area (Å²) < 4.78 is 0. The molecule has 0 fully saturated rings. The van der Waals surface area contributed by atoms with Gasteiger partial charge in [0.05, 0.1) is 11.6 Å². The van der Waals surface area contributed by atoms with E-state index in [2.05, 4.69) is 6.92 Å². The van der Waals surface area contributed by atoms with E-state index in [1.165, 1.54) is 24.8 Å². The molecule has 116 valence electrons. The molecule has 0 radical (unpaired) electrons. The number of unbranched alkanes of at least 4 members (excludes halogenated alkanes) is 3. The monoisotopic (exact) mass is 291 g/mol. The van der Waals surface area contributed by atoms with Gasteiger partial charge in [-0.2, -0.15) is 5.06 Å². The maximum Gasteiger partial charge on any atom is 0.363 e. The van der Waals surface area contributed by atoms with Crippen molar-refractivity contribution in [2.45, 2.75) is 58.9 Å². The summed E-state index contributed by atoms with van der Waals surface area (Å²) in [5.41, 5.74) is 0.446. The number of nitrogens with zero attached hydrogens (tertiary/aromatic N) is 1. The minimum atomic E-state index is -0.494. The number of carbonyl (C=O) groups excluding carboxylic acids is 2. The summed E-state index contributed by atoms with van der Waals surface area (Å²) in [4.78, 5) is 29.0. The Balaban J connectivity index is 2.57. The van der Waals surface area contributed by atoms with Gasteiger partial charge in [-0.3, -0.25) is 4.79 Å². The summed E-state index contributed by atoms with van der Waals surface area (Å²) in [5.74, 6) is -0.742. The fourth-order valence-electron chi connectivity index (χ4n) is 2.16. The van der Waals surface area contributed by atoms with E-state index in [0.29, 0.717) is 5.56 Å².